The van der Waals surface area contributed by atoms with Gasteiger partial charge >= 0.3 is 11.9 Å². The smallest absolute Gasteiger partial charge is 0.355 e. The predicted octanol–water partition coefficient (Wildman–Crippen LogP) is 3.89. The topological polar surface area (TPSA) is 335 Å². The van der Waals surface area contributed by atoms with Gasteiger partial charge in [-0.25, -0.2) is 23.9 Å². The number of rotatable bonds is 26. The Kier molecular flexibility index (Phi) is 20.3. The minimum atomic E-state index is -1.97. The number of nitrogens with one attached hydrogen (secondary N) is 3. The minimum absolute atomic E-state index is 0.0124. The van der Waals surface area contributed by atoms with E-state index < -0.39 is 72.1 Å². The fourth-order valence-corrected chi connectivity index (χ4v) is 10.5. The minimum Gasteiger partial charge on any atom is -0.491 e. The number of aryl methyl sites for hydroxylation is 2. The van der Waals surface area contributed by atoms with Gasteiger partial charge in [-0.1, -0.05) is 29.4 Å². The summed E-state index contributed by atoms with van der Waals surface area (Å²) in [6.07, 6.45) is -6.92. The van der Waals surface area contributed by atoms with Crippen LogP contribution in [0.1, 0.15) is 51.3 Å². The average Bonchev–Trinajstić information content (AvgIpc) is 4.30. The number of imide groups is 1. The second-order valence-electron chi connectivity index (χ2n) is 20.0. The van der Waals surface area contributed by atoms with Crippen molar-refractivity contribution < 1.29 is 82.1 Å². The van der Waals surface area contributed by atoms with Crippen LogP contribution in [-0.4, -0.2) is 182 Å². The number of fused-ring (bicyclic) bond motifs is 1. The molecule has 84 heavy (non-hydrogen) atoms. The molecule has 6 aromatic rings. The summed E-state index contributed by atoms with van der Waals surface area (Å²) >= 11 is 2.69. The van der Waals surface area contributed by atoms with Crippen LogP contribution in [0.2, 0.25) is 0 Å². The molecule has 28 heteroatoms. The van der Waals surface area contributed by atoms with Gasteiger partial charge in [-0.15, -0.1) is 21.5 Å². The molecule has 25 nitrogen and oxygen atoms in total. The highest BCUT2D eigenvalue weighted by molar-refractivity contribution is 7.22. The standard InChI is InChI=1S/C56H59FN10O15S2/c1-31-27-41(63-64-51(31)62-55-60-35-10-5-6-11-39(35)83-55)65(2)56-61-46(52(75)76)40(84-56)12-8-24-80-37-15-13-32(28-34(37)57)9-7-23-67(3,4)30-33-14-16-38(81-54-49(74)47(72)48(73)50(82-54)53(77)78)36(29-33)59-43(69)19-21-58-42(68)20-25-79-26-22-66-44(70)17-18-45(66)71/h5-6,10-11,13-18,27-29,47-50,54,72-74H,8,12,19-26,30H2,1-4H3,(H4-,58,59,60,62,64,68,69,75,76,77,78)/p+1/t47-,48-,49+,50-,54+/m0/s1. The lowest BCUT2D eigenvalue weighted by Crippen LogP contribution is -2.61. The SMILES string of the molecule is Cc1cc(N(C)c2nc(C(=O)O)c(CCCOc3ccc(C#CC[N+](C)(C)Cc4ccc(O[C@@H]5O[C@H](C(=O)O)[C@@H](O)[C@H](O)[C@H]5O)c(NC(=O)CCNC(=O)CCOCCN5C(=O)C=CC5=O)c4)cc3F)s2)nnc1Nc1nc2ccccc2s1. The molecule has 2 aliphatic rings. The summed E-state index contributed by atoms with van der Waals surface area (Å²) in [7, 11) is 5.48. The number of aliphatic hydroxyl groups excluding tert-OH is 3. The summed E-state index contributed by atoms with van der Waals surface area (Å²) < 4.78 is 38.9. The lowest BCUT2D eigenvalue weighted by atomic mass is 9.99. The zero-order valence-electron chi connectivity index (χ0n) is 45.8. The molecule has 5 heterocycles. The maximum Gasteiger partial charge on any atom is 0.355 e. The third kappa shape index (κ3) is 16.0. The van der Waals surface area contributed by atoms with Gasteiger partial charge in [-0.2, -0.15) is 0 Å². The molecule has 0 bridgehead atoms. The third-order valence-electron chi connectivity index (χ3n) is 13.0. The van der Waals surface area contributed by atoms with E-state index in [0.29, 0.717) is 57.3 Å². The fraction of sp³-hybridized carbons (Fsp3) is 0.357. The number of carbonyl (C=O) groups is 6. The van der Waals surface area contributed by atoms with Crippen molar-refractivity contribution in [2.45, 2.75) is 69.9 Å². The second kappa shape index (κ2) is 27.7. The highest BCUT2D eigenvalue weighted by Crippen LogP contribution is 2.35. The van der Waals surface area contributed by atoms with Crippen LogP contribution >= 0.6 is 22.7 Å². The van der Waals surface area contributed by atoms with Gasteiger partial charge in [-0.3, -0.25) is 24.1 Å². The number of thiazole rings is 2. The van der Waals surface area contributed by atoms with Crippen molar-refractivity contribution in [1.29, 1.82) is 0 Å². The highest BCUT2D eigenvalue weighted by atomic mass is 32.1. The summed E-state index contributed by atoms with van der Waals surface area (Å²) in [6, 6.07) is 18.6. The zero-order chi connectivity index (χ0) is 60.2. The van der Waals surface area contributed by atoms with Crippen LogP contribution in [-0.2, 0) is 46.4 Å². The number of carboxylic acid groups (broad SMARTS) is 2. The van der Waals surface area contributed by atoms with Crippen molar-refractivity contribution in [3.05, 3.63) is 112 Å². The van der Waals surface area contributed by atoms with E-state index in [0.717, 1.165) is 32.8 Å². The molecule has 3 aromatic heterocycles. The van der Waals surface area contributed by atoms with Crippen LogP contribution < -0.4 is 30.3 Å². The molecule has 0 unspecified atom stereocenters. The van der Waals surface area contributed by atoms with Crippen molar-refractivity contribution in [3.63, 3.8) is 0 Å². The Bertz CT molecular complexity index is 3480. The Balaban J connectivity index is 0.830. The summed E-state index contributed by atoms with van der Waals surface area (Å²) in [5.74, 6) is 1.55. The number of amides is 4. The quantitative estimate of drug-likeness (QED) is 0.0165. The molecule has 8 rings (SSSR count). The molecule has 0 radical (unpaired) electrons. The lowest BCUT2D eigenvalue weighted by molar-refractivity contribution is -0.896. The van der Waals surface area contributed by atoms with Crippen LogP contribution in [0.15, 0.2) is 78.9 Å². The number of para-hydroxylation sites is 1. The van der Waals surface area contributed by atoms with Gasteiger partial charge in [0.2, 0.25) is 18.1 Å². The molecule has 1 fully saturated rings. The van der Waals surface area contributed by atoms with Crippen LogP contribution in [0.3, 0.4) is 0 Å². The van der Waals surface area contributed by atoms with E-state index in [2.05, 4.69) is 48.0 Å². The Hall–Kier alpha value is -8.53. The highest BCUT2D eigenvalue weighted by Gasteiger charge is 2.48. The van der Waals surface area contributed by atoms with Gasteiger partial charge in [0.25, 0.3) is 11.8 Å². The van der Waals surface area contributed by atoms with Crippen LogP contribution in [0.4, 0.5) is 32.0 Å². The normalized spacial score (nSPS) is 17.6. The number of aromatic nitrogens is 4. The fourth-order valence-electron chi connectivity index (χ4n) is 8.56. The molecule has 0 saturated carbocycles. The number of aromatic carboxylic acids is 1. The van der Waals surface area contributed by atoms with Gasteiger partial charge in [0, 0.05) is 54.6 Å². The number of hydrogen-bond acceptors (Lipinski definition) is 21. The van der Waals surface area contributed by atoms with E-state index in [1.54, 1.807) is 30.1 Å². The monoisotopic (exact) mass is 1200 g/mol. The molecule has 0 spiro atoms. The Labute approximate surface area is 487 Å². The zero-order valence-corrected chi connectivity index (χ0v) is 47.4. The number of quaternary nitrogens is 1. The Morgan fingerprint density at radius 2 is 1.64 bits per heavy atom. The first-order chi connectivity index (χ1) is 40.1. The maximum absolute atomic E-state index is 15.4. The summed E-state index contributed by atoms with van der Waals surface area (Å²) in [4.78, 5) is 85.3. The van der Waals surface area contributed by atoms with Crippen LogP contribution in [0.25, 0.3) is 10.2 Å². The molecule has 442 valence electrons. The first-order valence-electron chi connectivity index (χ1n) is 26.2. The van der Waals surface area contributed by atoms with Gasteiger partial charge in [-0.05, 0) is 85.8 Å². The maximum atomic E-state index is 15.4. The number of ether oxygens (including phenoxy) is 4. The number of aliphatic carboxylic acids is 1. The van der Waals surface area contributed by atoms with Gasteiger partial charge in [0.1, 0.15) is 37.2 Å². The van der Waals surface area contributed by atoms with Crippen molar-refractivity contribution >= 4 is 96.0 Å². The molecule has 2 aliphatic heterocycles. The van der Waals surface area contributed by atoms with Crippen molar-refractivity contribution in [3.8, 4) is 23.3 Å². The number of benzene rings is 3. The van der Waals surface area contributed by atoms with Crippen molar-refractivity contribution in [2.75, 3.05) is 76.1 Å². The van der Waals surface area contributed by atoms with E-state index >= 15 is 4.39 Å². The molecule has 0 aliphatic carbocycles. The number of carboxylic acids is 2. The molecule has 5 atom stereocenters. The predicted molar refractivity (Wildman–Crippen MR) is 304 cm³/mol. The summed E-state index contributed by atoms with van der Waals surface area (Å²) in [5.41, 5.74) is 2.63. The molecule has 8 N–H and O–H groups in total. The summed E-state index contributed by atoms with van der Waals surface area (Å²) in [6.45, 7) is 2.47. The van der Waals surface area contributed by atoms with E-state index in [9.17, 15) is 54.3 Å². The van der Waals surface area contributed by atoms with E-state index in [1.165, 1.54) is 40.9 Å². The summed E-state index contributed by atoms with van der Waals surface area (Å²) in [5, 5.41) is 69.2. The Morgan fingerprint density at radius 3 is 2.37 bits per heavy atom. The largest absolute Gasteiger partial charge is 0.491 e. The number of hydrogen-bond donors (Lipinski definition) is 8. The molecular formula is C56H60FN10O15S2+. The second-order valence-corrected chi connectivity index (χ2v) is 22.1. The van der Waals surface area contributed by atoms with Crippen LogP contribution in [0, 0.1) is 24.6 Å². The van der Waals surface area contributed by atoms with Gasteiger partial charge in [0.05, 0.1) is 56.4 Å². The molecule has 1 saturated heterocycles. The number of halogens is 1. The molecule has 3 aromatic carbocycles. The number of anilines is 5. The third-order valence-corrected chi connectivity index (χ3v) is 15.1. The first-order valence-corrected chi connectivity index (χ1v) is 27.8. The average molecular weight is 1200 g/mol. The van der Waals surface area contributed by atoms with Crippen molar-refractivity contribution in [1.82, 2.24) is 30.4 Å². The first kappa shape index (κ1) is 61.5. The number of nitrogens with zero attached hydrogens (tertiary/aromatic N) is 7. The lowest BCUT2D eigenvalue weighted by Gasteiger charge is -2.38. The molecular weight excluding hydrogens is 1140 g/mol. The van der Waals surface area contributed by atoms with Crippen molar-refractivity contribution in [2.24, 2.45) is 0 Å². The van der Waals surface area contributed by atoms with E-state index in [4.69, 9.17) is 18.9 Å². The Morgan fingerprint density at radius 1 is 0.881 bits per heavy atom. The van der Waals surface area contributed by atoms with Crippen LogP contribution in [0.5, 0.6) is 11.5 Å². The molecule has 4 amide bonds. The number of carbonyl (C=O) groups excluding carboxylic acids is 4. The van der Waals surface area contributed by atoms with E-state index in [-0.39, 0.29) is 79.7 Å². The van der Waals surface area contributed by atoms with Gasteiger partial charge in [0.15, 0.2) is 45.3 Å². The number of aliphatic hydroxyl groups is 3. The van der Waals surface area contributed by atoms with E-state index in [1.807, 2.05) is 51.4 Å². The van der Waals surface area contributed by atoms with Gasteiger partial charge < -0.3 is 69.8 Å².